The van der Waals surface area contributed by atoms with Gasteiger partial charge in [-0.25, -0.2) is 0 Å². The fraction of sp³-hybridized carbons (Fsp3) is 0.286. The summed E-state index contributed by atoms with van der Waals surface area (Å²) in [7, 11) is 0. The highest BCUT2D eigenvalue weighted by atomic mass is 35.5. The van der Waals surface area contributed by atoms with Crippen LogP contribution in [0.1, 0.15) is 25.8 Å². The summed E-state index contributed by atoms with van der Waals surface area (Å²) in [6.07, 6.45) is 1.80. The first-order valence-corrected chi connectivity index (χ1v) is 6.23. The lowest BCUT2D eigenvalue weighted by molar-refractivity contribution is 1.10. The zero-order chi connectivity index (χ0) is 11.7. The van der Waals surface area contributed by atoms with Crippen molar-refractivity contribution < 1.29 is 0 Å². The molecule has 0 nitrogen and oxygen atoms in total. The van der Waals surface area contributed by atoms with Crippen molar-refractivity contribution in [1.82, 2.24) is 0 Å². The van der Waals surface area contributed by atoms with Crippen LogP contribution in [0, 0.1) is 0 Å². The van der Waals surface area contributed by atoms with Gasteiger partial charge >= 0.3 is 0 Å². The van der Waals surface area contributed by atoms with E-state index in [1.165, 1.54) is 22.3 Å². The Kier molecular flexibility index (Phi) is 3.46. The van der Waals surface area contributed by atoms with E-state index in [0.29, 0.717) is 0 Å². The van der Waals surface area contributed by atoms with Crippen LogP contribution in [-0.4, -0.2) is 0 Å². The largest absolute Gasteiger partial charge is 0.143 e. The van der Waals surface area contributed by atoms with E-state index in [1.807, 2.05) is 18.2 Å². The minimum absolute atomic E-state index is 0.891. The van der Waals surface area contributed by atoms with E-state index in [2.05, 4.69) is 32.5 Å². The molecule has 2 heteroatoms. The van der Waals surface area contributed by atoms with Crippen LogP contribution >= 0.6 is 24.2 Å². The van der Waals surface area contributed by atoms with Gasteiger partial charge in [-0.05, 0) is 43.0 Å². The van der Waals surface area contributed by atoms with Gasteiger partial charge in [0.15, 0.2) is 0 Å². The van der Waals surface area contributed by atoms with Gasteiger partial charge in [-0.3, -0.25) is 0 Å². The standard InChI is InChI=1S/C14H15ClS/c1-9-7-13(15)12(10(9)2)8-11-5-3-4-6-14(11)16/h3-6,16H,7-8H2,1-2H3. The molecule has 0 bridgehead atoms. The van der Waals surface area contributed by atoms with Crippen molar-refractivity contribution in [2.45, 2.75) is 31.6 Å². The SMILES string of the molecule is CC1=C(C)C(Cc2ccccc2S)=C(Cl)C1. The lowest BCUT2D eigenvalue weighted by atomic mass is 10.0. The average Bonchev–Trinajstić information content (AvgIpc) is 2.48. The first-order chi connectivity index (χ1) is 7.59. The monoisotopic (exact) mass is 250 g/mol. The van der Waals surface area contributed by atoms with Crippen molar-refractivity contribution in [3.05, 3.63) is 51.6 Å². The van der Waals surface area contributed by atoms with Gasteiger partial charge in [0, 0.05) is 16.3 Å². The molecule has 1 aromatic rings. The first-order valence-electron chi connectivity index (χ1n) is 5.40. The van der Waals surface area contributed by atoms with Gasteiger partial charge in [0.2, 0.25) is 0 Å². The van der Waals surface area contributed by atoms with Gasteiger partial charge in [0.1, 0.15) is 0 Å². The number of halogens is 1. The molecule has 0 unspecified atom stereocenters. The summed E-state index contributed by atoms with van der Waals surface area (Å²) in [6.45, 7) is 4.30. The number of hydrogen-bond donors (Lipinski definition) is 1. The summed E-state index contributed by atoms with van der Waals surface area (Å²) in [4.78, 5) is 1.04. The second-order valence-corrected chi connectivity index (χ2v) is 5.21. The Labute approximate surface area is 107 Å². The molecule has 2 rings (SSSR count). The van der Waals surface area contributed by atoms with Crippen LogP contribution < -0.4 is 0 Å². The molecule has 0 atom stereocenters. The van der Waals surface area contributed by atoms with Crippen LogP contribution in [0.15, 0.2) is 50.9 Å². The smallest absolute Gasteiger partial charge is 0.0259 e. The summed E-state index contributed by atoms with van der Waals surface area (Å²) in [6, 6.07) is 8.18. The minimum Gasteiger partial charge on any atom is -0.143 e. The molecule has 0 aliphatic heterocycles. The predicted molar refractivity (Wildman–Crippen MR) is 73.3 cm³/mol. The highest BCUT2D eigenvalue weighted by Crippen LogP contribution is 2.36. The molecule has 0 spiro atoms. The molecule has 0 aromatic heterocycles. The van der Waals surface area contributed by atoms with Gasteiger partial charge < -0.3 is 0 Å². The van der Waals surface area contributed by atoms with Crippen LogP contribution in [0.4, 0.5) is 0 Å². The third kappa shape index (κ3) is 2.21. The molecule has 0 N–H and O–H groups in total. The maximum atomic E-state index is 6.28. The Morgan fingerprint density at radius 2 is 1.94 bits per heavy atom. The van der Waals surface area contributed by atoms with Crippen molar-refractivity contribution in [3.8, 4) is 0 Å². The van der Waals surface area contributed by atoms with Gasteiger partial charge in [-0.2, -0.15) is 0 Å². The quantitative estimate of drug-likeness (QED) is 0.720. The maximum absolute atomic E-state index is 6.28. The molecule has 1 aromatic carbocycles. The normalized spacial score (nSPS) is 16.2. The average molecular weight is 251 g/mol. The topological polar surface area (TPSA) is 0 Å². The van der Waals surface area contributed by atoms with Crippen LogP contribution in [-0.2, 0) is 6.42 Å². The molecule has 1 aliphatic carbocycles. The van der Waals surface area contributed by atoms with E-state index in [9.17, 15) is 0 Å². The molecule has 0 saturated heterocycles. The Balaban J connectivity index is 2.30. The van der Waals surface area contributed by atoms with E-state index in [0.717, 1.165) is 22.8 Å². The van der Waals surface area contributed by atoms with E-state index in [4.69, 9.17) is 11.6 Å². The summed E-state index contributed by atoms with van der Waals surface area (Å²) in [5.41, 5.74) is 5.26. The highest BCUT2D eigenvalue weighted by Gasteiger charge is 2.18. The third-order valence-corrected chi connectivity index (χ3v) is 4.00. The molecule has 0 heterocycles. The molecule has 16 heavy (non-hydrogen) atoms. The second kappa shape index (κ2) is 4.68. The van der Waals surface area contributed by atoms with Crippen LogP contribution in [0.2, 0.25) is 0 Å². The van der Waals surface area contributed by atoms with E-state index >= 15 is 0 Å². The van der Waals surface area contributed by atoms with Gasteiger partial charge in [0.25, 0.3) is 0 Å². The molecular formula is C14H15ClS. The molecule has 0 fully saturated rings. The van der Waals surface area contributed by atoms with Crippen molar-refractivity contribution in [1.29, 1.82) is 0 Å². The van der Waals surface area contributed by atoms with Crippen LogP contribution in [0.5, 0.6) is 0 Å². The van der Waals surface area contributed by atoms with Crippen LogP contribution in [0.3, 0.4) is 0 Å². The Morgan fingerprint density at radius 1 is 1.25 bits per heavy atom. The molecule has 0 amide bonds. The molecule has 1 aliphatic rings. The van der Waals surface area contributed by atoms with E-state index in [-0.39, 0.29) is 0 Å². The van der Waals surface area contributed by atoms with Crippen molar-refractivity contribution >= 4 is 24.2 Å². The number of hydrogen-bond acceptors (Lipinski definition) is 1. The Morgan fingerprint density at radius 3 is 2.50 bits per heavy atom. The molecule has 84 valence electrons. The predicted octanol–water partition coefficient (Wildman–Crippen LogP) is 4.75. The second-order valence-electron chi connectivity index (χ2n) is 4.27. The van der Waals surface area contributed by atoms with Crippen molar-refractivity contribution in [2.75, 3.05) is 0 Å². The lowest BCUT2D eigenvalue weighted by Gasteiger charge is -2.08. The molecular weight excluding hydrogens is 236 g/mol. The lowest BCUT2D eigenvalue weighted by Crippen LogP contribution is -1.93. The Hall–Kier alpha value is -0.660. The third-order valence-electron chi connectivity index (χ3n) is 3.20. The van der Waals surface area contributed by atoms with Gasteiger partial charge in [-0.1, -0.05) is 35.4 Å². The van der Waals surface area contributed by atoms with Gasteiger partial charge in [-0.15, -0.1) is 12.6 Å². The number of allylic oxidation sites excluding steroid dienone is 4. The summed E-state index contributed by atoms with van der Waals surface area (Å²) in [5, 5.41) is 0.992. The fourth-order valence-electron chi connectivity index (χ4n) is 2.01. The van der Waals surface area contributed by atoms with E-state index in [1.54, 1.807) is 0 Å². The number of benzene rings is 1. The zero-order valence-corrected chi connectivity index (χ0v) is 11.2. The van der Waals surface area contributed by atoms with Crippen LogP contribution in [0.25, 0.3) is 0 Å². The van der Waals surface area contributed by atoms with E-state index < -0.39 is 0 Å². The van der Waals surface area contributed by atoms with Crippen molar-refractivity contribution in [3.63, 3.8) is 0 Å². The molecule has 0 saturated carbocycles. The highest BCUT2D eigenvalue weighted by molar-refractivity contribution is 7.80. The van der Waals surface area contributed by atoms with Gasteiger partial charge in [0.05, 0.1) is 0 Å². The van der Waals surface area contributed by atoms with Crippen molar-refractivity contribution in [2.24, 2.45) is 0 Å². The summed E-state index contributed by atoms with van der Waals surface area (Å²) < 4.78 is 0. The first kappa shape index (κ1) is 11.8. The Bertz CT molecular complexity index is 483. The summed E-state index contributed by atoms with van der Waals surface area (Å²) in [5.74, 6) is 0. The zero-order valence-electron chi connectivity index (χ0n) is 9.55. The number of thiol groups is 1. The summed E-state index contributed by atoms with van der Waals surface area (Å²) >= 11 is 10.8. The minimum atomic E-state index is 0.891. The molecule has 0 radical (unpaired) electrons. The fourth-order valence-corrected chi connectivity index (χ4v) is 2.66. The maximum Gasteiger partial charge on any atom is 0.0259 e. The number of rotatable bonds is 2.